The van der Waals surface area contributed by atoms with Gasteiger partial charge in [-0.3, -0.25) is 14.5 Å². The summed E-state index contributed by atoms with van der Waals surface area (Å²) < 4.78 is 0. The van der Waals surface area contributed by atoms with Crippen molar-refractivity contribution in [3.63, 3.8) is 0 Å². The Morgan fingerprint density at radius 3 is 2.71 bits per heavy atom. The average Bonchev–Trinajstić information content (AvgIpc) is 2.65. The lowest BCUT2D eigenvalue weighted by Crippen LogP contribution is -2.46. The van der Waals surface area contributed by atoms with Gasteiger partial charge in [0.25, 0.3) is 0 Å². The molecule has 1 N–H and O–H groups in total. The Hall–Kier alpha value is -1.23. The first kappa shape index (κ1) is 10.8. The highest BCUT2D eigenvalue weighted by atomic mass is 16.2. The number of aldehydes is 1. The van der Waals surface area contributed by atoms with Crippen molar-refractivity contribution in [1.82, 2.24) is 10.2 Å². The molecule has 1 saturated heterocycles. The van der Waals surface area contributed by atoms with E-state index in [1.54, 1.807) is 0 Å². The van der Waals surface area contributed by atoms with Gasteiger partial charge in [0.2, 0.25) is 11.8 Å². The van der Waals surface area contributed by atoms with Gasteiger partial charge in [0, 0.05) is 6.92 Å². The highest BCUT2D eigenvalue weighted by Gasteiger charge is 2.28. The molecule has 0 aromatic rings. The normalized spacial score (nSPS) is 20.5. The van der Waals surface area contributed by atoms with Crippen molar-refractivity contribution in [2.75, 3.05) is 13.1 Å². The molecular weight excluding hydrogens is 184 g/mol. The van der Waals surface area contributed by atoms with E-state index < -0.39 is 0 Å². The molecule has 1 aliphatic rings. The fourth-order valence-electron chi connectivity index (χ4n) is 1.53. The van der Waals surface area contributed by atoms with E-state index in [9.17, 15) is 14.4 Å². The fourth-order valence-corrected chi connectivity index (χ4v) is 1.53. The lowest BCUT2D eigenvalue weighted by Gasteiger charge is -2.20. The van der Waals surface area contributed by atoms with Crippen molar-refractivity contribution in [2.45, 2.75) is 25.8 Å². The van der Waals surface area contributed by atoms with Crippen LogP contribution < -0.4 is 5.32 Å². The monoisotopic (exact) mass is 198 g/mol. The number of hydrogen-bond acceptors (Lipinski definition) is 4. The summed E-state index contributed by atoms with van der Waals surface area (Å²) in [4.78, 5) is 34.0. The van der Waals surface area contributed by atoms with Crippen molar-refractivity contribution < 1.29 is 14.4 Å². The van der Waals surface area contributed by atoms with Crippen LogP contribution in [0, 0.1) is 0 Å². The zero-order valence-corrected chi connectivity index (χ0v) is 8.16. The molecule has 5 nitrogen and oxygen atoms in total. The van der Waals surface area contributed by atoms with Crippen molar-refractivity contribution in [3.8, 4) is 0 Å². The molecule has 0 unspecified atom stereocenters. The number of rotatable bonds is 3. The molecule has 0 saturated carbocycles. The Morgan fingerprint density at radius 1 is 1.57 bits per heavy atom. The van der Waals surface area contributed by atoms with Crippen molar-refractivity contribution in [1.29, 1.82) is 0 Å². The minimum atomic E-state index is -0.379. The molecule has 0 bridgehead atoms. The van der Waals surface area contributed by atoms with E-state index in [0.717, 1.165) is 24.3 Å². The molecule has 0 radical (unpaired) electrons. The number of amides is 2. The summed E-state index contributed by atoms with van der Waals surface area (Å²) >= 11 is 0. The van der Waals surface area contributed by atoms with Crippen molar-refractivity contribution >= 4 is 18.1 Å². The van der Waals surface area contributed by atoms with Crippen LogP contribution in [0.5, 0.6) is 0 Å². The Balaban J connectivity index is 2.61. The Morgan fingerprint density at radius 2 is 2.29 bits per heavy atom. The SMILES string of the molecule is CC(=O)N(CC=O)C(=O)[C@@H]1CCCN1. The summed E-state index contributed by atoms with van der Waals surface area (Å²) in [5.74, 6) is -0.669. The van der Waals surface area contributed by atoms with Crippen LogP contribution in [0.2, 0.25) is 0 Å². The van der Waals surface area contributed by atoms with Crippen LogP contribution in [0.3, 0.4) is 0 Å². The van der Waals surface area contributed by atoms with Crippen molar-refractivity contribution in [3.05, 3.63) is 0 Å². The third-order valence-electron chi connectivity index (χ3n) is 2.26. The maximum Gasteiger partial charge on any atom is 0.246 e. The molecule has 78 valence electrons. The second-order valence-electron chi connectivity index (χ2n) is 3.28. The minimum absolute atomic E-state index is 0.146. The van der Waals surface area contributed by atoms with Gasteiger partial charge >= 0.3 is 0 Å². The highest BCUT2D eigenvalue weighted by Crippen LogP contribution is 2.08. The standard InChI is InChI=1S/C9H14N2O3/c1-7(13)11(5-6-12)9(14)8-3-2-4-10-8/h6,8,10H,2-5H2,1H3/t8-/m0/s1. The maximum atomic E-state index is 11.7. The number of carbonyl (C=O) groups is 3. The predicted molar refractivity (Wildman–Crippen MR) is 49.5 cm³/mol. The van der Waals surface area contributed by atoms with Gasteiger partial charge in [-0.15, -0.1) is 0 Å². The number of nitrogens with one attached hydrogen (secondary N) is 1. The van der Waals surface area contributed by atoms with E-state index in [0.29, 0.717) is 6.29 Å². The Kier molecular flexibility index (Phi) is 3.76. The second-order valence-corrected chi connectivity index (χ2v) is 3.28. The van der Waals surface area contributed by atoms with Crippen LogP contribution in [-0.2, 0) is 14.4 Å². The van der Waals surface area contributed by atoms with Gasteiger partial charge in [0.05, 0.1) is 12.6 Å². The molecule has 0 aromatic heterocycles. The smallest absolute Gasteiger partial charge is 0.246 e. The summed E-state index contributed by atoms with van der Waals surface area (Å²) in [6.07, 6.45) is 2.24. The lowest BCUT2D eigenvalue weighted by atomic mass is 10.2. The first-order valence-electron chi connectivity index (χ1n) is 4.65. The first-order chi connectivity index (χ1) is 6.66. The molecular formula is C9H14N2O3. The molecule has 14 heavy (non-hydrogen) atoms. The van der Waals surface area contributed by atoms with Crippen molar-refractivity contribution in [2.24, 2.45) is 0 Å². The lowest BCUT2D eigenvalue weighted by molar-refractivity contribution is -0.146. The summed E-state index contributed by atoms with van der Waals surface area (Å²) in [5, 5.41) is 2.99. The molecule has 1 heterocycles. The van der Waals surface area contributed by atoms with Crippen LogP contribution in [0.1, 0.15) is 19.8 Å². The summed E-state index contributed by atoms with van der Waals surface area (Å²) in [5.41, 5.74) is 0. The van der Waals surface area contributed by atoms with Crippen LogP contribution in [-0.4, -0.2) is 42.1 Å². The second kappa shape index (κ2) is 4.85. The average molecular weight is 198 g/mol. The van der Waals surface area contributed by atoms with Gasteiger partial charge in [0.1, 0.15) is 6.29 Å². The molecule has 5 heteroatoms. The number of nitrogens with zero attached hydrogens (tertiary/aromatic N) is 1. The predicted octanol–water partition coefficient (Wildman–Crippen LogP) is -0.688. The molecule has 0 aliphatic carbocycles. The zero-order chi connectivity index (χ0) is 10.6. The zero-order valence-electron chi connectivity index (χ0n) is 8.16. The van der Waals surface area contributed by atoms with Gasteiger partial charge in [-0.25, -0.2) is 0 Å². The fraction of sp³-hybridized carbons (Fsp3) is 0.667. The van der Waals surface area contributed by atoms with Crippen LogP contribution >= 0.6 is 0 Å². The third kappa shape index (κ3) is 2.38. The molecule has 1 rings (SSSR count). The summed E-state index contributed by atoms with van der Waals surface area (Å²) in [6.45, 7) is 1.94. The largest absolute Gasteiger partial charge is 0.306 e. The molecule has 2 amide bonds. The van der Waals surface area contributed by atoms with Gasteiger partial charge in [0.15, 0.2) is 0 Å². The van der Waals surface area contributed by atoms with Crippen LogP contribution in [0.15, 0.2) is 0 Å². The van der Waals surface area contributed by atoms with Crippen LogP contribution in [0.25, 0.3) is 0 Å². The minimum Gasteiger partial charge on any atom is -0.306 e. The van der Waals surface area contributed by atoms with E-state index in [-0.39, 0.29) is 24.4 Å². The molecule has 0 aromatic carbocycles. The Labute approximate surface area is 82.4 Å². The highest BCUT2D eigenvalue weighted by molar-refractivity contribution is 5.98. The van der Waals surface area contributed by atoms with E-state index >= 15 is 0 Å². The summed E-state index contributed by atoms with van der Waals surface area (Å²) in [6, 6.07) is -0.293. The number of hydrogen-bond donors (Lipinski definition) is 1. The van der Waals surface area contributed by atoms with E-state index in [1.807, 2.05) is 0 Å². The van der Waals surface area contributed by atoms with Gasteiger partial charge in [-0.1, -0.05) is 0 Å². The molecule has 1 fully saturated rings. The van der Waals surface area contributed by atoms with Gasteiger partial charge in [-0.2, -0.15) is 0 Å². The van der Waals surface area contributed by atoms with E-state index in [1.165, 1.54) is 6.92 Å². The maximum absolute atomic E-state index is 11.7. The van der Waals surface area contributed by atoms with Crippen LogP contribution in [0.4, 0.5) is 0 Å². The molecule has 1 atom stereocenters. The Bertz CT molecular complexity index is 246. The third-order valence-corrected chi connectivity index (χ3v) is 2.26. The quantitative estimate of drug-likeness (QED) is 0.610. The topological polar surface area (TPSA) is 66.5 Å². The van der Waals surface area contributed by atoms with E-state index in [4.69, 9.17) is 0 Å². The molecule has 1 aliphatic heterocycles. The molecule has 0 spiro atoms. The van der Waals surface area contributed by atoms with Gasteiger partial charge < -0.3 is 10.1 Å². The first-order valence-corrected chi connectivity index (χ1v) is 4.65. The number of imide groups is 1. The number of carbonyl (C=O) groups excluding carboxylic acids is 3. The van der Waals surface area contributed by atoms with Gasteiger partial charge in [-0.05, 0) is 19.4 Å². The summed E-state index contributed by atoms with van der Waals surface area (Å²) in [7, 11) is 0. The van der Waals surface area contributed by atoms with E-state index in [2.05, 4.69) is 5.32 Å².